The van der Waals surface area contributed by atoms with Gasteiger partial charge in [0.2, 0.25) is 0 Å². The fourth-order valence-corrected chi connectivity index (χ4v) is 5.97. The summed E-state index contributed by atoms with van der Waals surface area (Å²) in [4.78, 5) is 28.1. The number of hydrogen-bond acceptors (Lipinski definition) is 4. The lowest BCUT2D eigenvalue weighted by Crippen LogP contribution is -2.36. The van der Waals surface area contributed by atoms with Crippen molar-refractivity contribution in [2.24, 2.45) is 0 Å². The maximum Gasteiger partial charge on any atom is 0.269 e. The van der Waals surface area contributed by atoms with Crippen LogP contribution in [0, 0.1) is 0 Å². The van der Waals surface area contributed by atoms with Gasteiger partial charge in [-0.2, -0.15) is 0 Å². The minimum Gasteiger partial charge on any atom is -0.321 e. The van der Waals surface area contributed by atoms with Crippen molar-refractivity contribution in [3.05, 3.63) is 57.2 Å². The Morgan fingerprint density at radius 1 is 1.14 bits per heavy atom. The molecule has 1 aliphatic heterocycles. The maximum atomic E-state index is 12.8. The standard InChI is InChI=1S/C20H21BrN2O4S/c21-23(16-8-9-28(26,27)12-16)20(25)17-10-15-7-6-14(11-18(15)22-19(17)24)13-4-2-1-3-5-13/h6-11,13,16H,1-5,12H2,(H,22,24)/t16-/m1/s1. The molecule has 4 rings (SSSR count). The summed E-state index contributed by atoms with van der Waals surface area (Å²) in [6.07, 6.45) is 7.53. The zero-order valence-electron chi connectivity index (χ0n) is 15.2. The van der Waals surface area contributed by atoms with Crippen LogP contribution in [-0.4, -0.2) is 35.0 Å². The normalized spacial score (nSPS) is 21.8. The average Bonchev–Trinajstić information content (AvgIpc) is 3.06. The molecular formula is C20H21BrN2O4S. The molecule has 0 saturated heterocycles. The predicted octanol–water partition coefficient (Wildman–Crippen LogP) is 3.64. The molecule has 0 unspecified atom stereocenters. The van der Waals surface area contributed by atoms with Crippen molar-refractivity contribution in [1.29, 1.82) is 0 Å². The molecule has 0 bridgehead atoms. The van der Waals surface area contributed by atoms with Gasteiger partial charge in [-0.25, -0.2) is 8.42 Å². The van der Waals surface area contributed by atoms with E-state index in [-0.39, 0.29) is 11.3 Å². The van der Waals surface area contributed by atoms with Crippen LogP contribution in [0.25, 0.3) is 10.9 Å². The first-order chi connectivity index (χ1) is 13.3. The third-order valence-corrected chi connectivity index (χ3v) is 7.80. The van der Waals surface area contributed by atoms with Crippen molar-refractivity contribution in [1.82, 2.24) is 8.91 Å². The van der Waals surface area contributed by atoms with Crippen molar-refractivity contribution >= 4 is 42.8 Å². The molecule has 28 heavy (non-hydrogen) atoms. The predicted molar refractivity (Wildman–Crippen MR) is 112 cm³/mol. The zero-order chi connectivity index (χ0) is 19.9. The molecule has 1 amide bonds. The number of amides is 1. The number of nitrogens with zero attached hydrogens (tertiary/aromatic N) is 1. The van der Waals surface area contributed by atoms with Gasteiger partial charge in [-0.15, -0.1) is 0 Å². The van der Waals surface area contributed by atoms with Gasteiger partial charge < -0.3 is 4.98 Å². The van der Waals surface area contributed by atoms with Gasteiger partial charge in [-0.1, -0.05) is 31.4 Å². The fraction of sp³-hybridized carbons (Fsp3) is 0.400. The molecule has 1 aromatic carbocycles. The van der Waals surface area contributed by atoms with E-state index in [0.29, 0.717) is 11.4 Å². The van der Waals surface area contributed by atoms with Crippen LogP contribution < -0.4 is 5.56 Å². The molecule has 0 radical (unpaired) electrons. The second-order valence-electron chi connectivity index (χ2n) is 7.54. The molecule has 8 heteroatoms. The van der Waals surface area contributed by atoms with Gasteiger partial charge in [-0.3, -0.25) is 13.5 Å². The minimum absolute atomic E-state index is 0.0208. The lowest BCUT2D eigenvalue weighted by atomic mass is 9.84. The van der Waals surface area contributed by atoms with Gasteiger partial charge in [0.1, 0.15) is 5.56 Å². The van der Waals surface area contributed by atoms with E-state index in [1.807, 2.05) is 12.1 Å². The monoisotopic (exact) mass is 464 g/mol. The number of sulfone groups is 1. The first-order valence-corrected chi connectivity index (χ1v) is 11.8. The lowest BCUT2D eigenvalue weighted by molar-refractivity contribution is 0.0865. The van der Waals surface area contributed by atoms with Crippen molar-refractivity contribution in [2.75, 3.05) is 5.75 Å². The Labute approximate surface area is 171 Å². The molecule has 2 aliphatic rings. The summed E-state index contributed by atoms with van der Waals surface area (Å²) in [6, 6.07) is 6.95. The molecule has 1 saturated carbocycles. The second-order valence-corrected chi connectivity index (χ2v) is 10.2. The quantitative estimate of drug-likeness (QED) is 0.702. The number of carbonyl (C=O) groups excluding carboxylic acids is 1. The zero-order valence-corrected chi connectivity index (χ0v) is 17.6. The highest BCUT2D eigenvalue weighted by Gasteiger charge is 2.30. The highest BCUT2D eigenvalue weighted by Crippen LogP contribution is 2.33. The Kier molecular flexibility index (Phi) is 5.18. The third kappa shape index (κ3) is 3.80. The third-order valence-electron chi connectivity index (χ3n) is 5.57. The molecule has 1 fully saturated rings. The number of H-pyrrole nitrogens is 1. The second kappa shape index (κ2) is 7.48. The Balaban J connectivity index is 1.63. The van der Waals surface area contributed by atoms with Crippen LogP contribution in [0.3, 0.4) is 0 Å². The summed E-state index contributed by atoms with van der Waals surface area (Å²) in [5.41, 5.74) is 1.44. The Hall–Kier alpha value is -1.93. The van der Waals surface area contributed by atoms with Crippen molar-refractivity contribution in [2.45, 2.75) is 44.1 Å². The first kappa shape index (κ1) is 19.4. The van der Waals surface area contributed by atoms with Crippen LogP contribution >= 0.6 is 16.1 Å². The first-order valence-electron chi connectivity index (χ1n) is 9.41. The molecule has 148 valence electrons. The van der Waals surface area contributed by atoms with E-state index in [2.05, 4.69) is 27.2 Å². The van der Waals surface area contributed by atoms with Crippen LogP contribution in [0.1, 0.15) is 53.9 Å². The number of fused-ring (bicyclic) bond motifs is 1. The summed E-state index contributed by atoms with van der Waals surface area (Å²) in [6.45, 7) is 0. The number of nitrogens with one attached hydrogen (secondary N) is 1. The summed E-state index contributed by atoms with van der Waals surface area (Å²) < 4.78 is 24.3. The number of hydrogen-bond donors (Lipinski definition) is 1. The molecule has 6 nitrogen and oxygen atoms in total. The molecule has 2 aromatic rings. The van der Waals surface area contributed by atoms with Crippen molar-refractivity contribution in [3.8, 4) is 0 Å². The van der Waals surface area contributed by atoms with Crippen LogP contribution in [0.2, 0.25) is 0 Å². The van der Waals surface area contributed by atoms with Gasteiger partial charge in [0.05, 0.1) is 27.9 Å². The number of aromatic nitrogens is 1. The van der Waals surface area contributed by atoms with Crippen molar-refractivity contribution in [3.63, 3.8) is 0 Å². The smallest absolute Gasteiger partial charge is 0.269 e. The van der Waals surface area contributed by atoms with Gasteiger partial charge >= 0.3 is 0 Å². The Bertz CT molecular complexity index is 1120. The molecular weight excluding hydrogens is 444 g/mol. The highest BCUT2D eigenvalue weighted by atomic mass is 79.9. The number of carbonyl (C=O) groups is 1. The molecule has 1 atom stereocenters. The van der Waals surface area contributed by atoms with E-state index in [1.165, 1.54) is 43.7 Å². The molecule has 2 heterocycles. The fourth-order valence-electron chi connectivity index (χ4n) is 4.03. The van der Waals surface area contributed by atoms with E-state index in [9.17, 15) is 18.0 Å². The van der Waals surface area contributed by atoms with E-state index < -0.39 is 27.3 Å². The van der Waals surface area contributed by atoms with Gasteiger partial charge in [-0.05, 0) is 47.9 Å². The van der Waals surface area contributed by atoms with Gasteiger partial charge in [0.25, 0.3) is 11.5 Å². The highest BCUT2D eigenvalue weighted by molar-refractivity contribution is 9.07. The lowest BCUT2D eigenvalue weighted by Gasteiger charge is -2.22. The summed E-state index contributed by atoms with van der Waals surface area (Å²) in [5, 5.41) is 1.87. The Morgan fingerprint density at radius 2 is 1.89 bits per heavy atom. The summed E-state index contributed by atoms with van der Waals surface area (Å²) in [5.74, 6) is -0.233. The van der Waals surface area contributed by atoms with E-state index in [4.69, 9.17) is 0 Å². The molecule has 1 aliphatic carbocycles. The average molecular weight is 465 g/mol. The minimum atomic E-state index is -3.31. The summed E-state index contributed by atoms with van der Waals surface area (Å²) in [7, 11) is -3.31. The van der Waals surface area contributed by atoms with Crippen LogP contribution in [0.5, 0.6) is 0 Å². The molecule has 1 N–H and O–H groups in total. The maximum absolute atomic E-state index is 12.8. The topological polar surface area (TPSA) is 87.3 Å². The number of benzene rings is 1. The van der Waals surface area contributed by atoms with E-state index in [0.717, 1.165) is 14.7 Å². The van der Waals surface area contributed by atoms with Gasteiger partial charge in [0.15, 0.2) is 9.84 Å². The van der Waals surface area contributed by atoms with E-state index in [1.54, 1.807) is 6.07 Å². The van der Waals surface area contributed by atoms with E-state index >= 15 is 0 Å². The number of aromatic amines is 1. The number of pyridine rings is 1. The van der Waals surface area contributed by atoms with Crippen molar-refractivity contribution < 1.29 is 13.2 Å². The largest absolute Gasteiger partial charge is 0.321 e. The SMILES string of the molecule is O=C(c1cc2ccc(C3CCCCC3)cc2[nH]c1=O)N(Br)[C@@H]1C=CS(=O)(=O)C1. The van der Waals surface area contributed by atoms with Crippen LogP contribution in [-0.2, 0) is 9.84 Å². The molecule has 1 aromatic heterocycles. The van der Waals surface area contributed by atoms with Crippen LogP contribution in [0.15, 0.2) is 40.5 Å². The summed E-state index contributed by atoms with van der Waals surface area (Å²) >= 11 is 3.14. The Morgan fingerprint density at radius 3 is 2.57 bits per heavy atom. The number of rotatable bonds is 3. The molecule has 0 spiro atoms. The van der Waals surface area contributed by atoms with Crippen LogP contribution in [0.4, 0.5) is 0 Å². The van der Waals surface area contributed by atoms with Gasteiger partial charge in [0, 0.05) is 10.9 Å². The number of halogens is 1.